The van der Waals surface area contributed by atoms with E-state index in [4.69, 9.17) is 28.3 Å². The van der Waals surface area contributed by atoms with Crippen LogP contribution in [0.1, 0.15) is 24.8 Å². The molecule has 3 nitrogen and oxygen atoms in total. The van der Waals surface area contributed by atoms with Crippen molar-refractivity contribution in [2.75, 3.05) is 13.2 Å². The summed E-state index contributed by atoms with van der Waals surface area (Å²) in [5, 5.41) is 10.1. The normalized spacial score (nSPS) is 15.3. The maximum Gasteiger partial charge on any atom is 0.246 e. The fraction of sp³-hybridized carbons (Fsp3) is 0.400. The third-order valence-corrected chi connectivity index (χ3v) is 4.07. The number of aliphatic hydroxyl groups is 1. The van der Waals surface area contributed by atoms with Crippen LogP contribution in [0.25, 0.3) is 6.08 Å². The number of nitrogens with zero attached hydrogens (tertiary/aromatic N) is 1. The van der Waals surface area contributed by atoms with E-state index in [0.717, 1.165) is 24.8 Å². The lowest BCUT2D eigenvalue weighted by molar-refractivity contribution is -0.130. The average molecular weight is 314 g/mol. The Hall–Kier alpha value is -1.03. The Kier molecular flexibility index (Phi) is 5.46. The van der Waals surface area contributed by atoms with E-state index >= 15 is 0 Å². The number of halogens is 2. The van der Waals surface area contributed by atoms with E-state index in [2.05, 4.69) is 0 Å². The fourth-order valence-electron chi connectivity index (χ4n) is 2.17. The van der Waals surface area contributed by atoms with Gasteiger partial charge in [-0.15, -0.1) is 0 Å². The quantitative estimate of drug-likeness (QED) is 0.847. The van der Waals surface area contributed by atoms with Crippen LogP contribution >= 0.6 is 23.2 Å². The van der Waals surface area contributed by atoms with Crippen molar-refractivity contribution in [3.63, 3.8) is 0 Å². The molecule has 0 spiro atoms. The smallest absolute Gasteiger partial charge is 0.246 e. The van der Waals surface area contributed by atoms with E-state index < -0.39 is 0 Å². The minimum absolute atomic E-state index is 0.0161. The number of rotatable bonds is 5. The molecule has 1 amide bonds. The molecule has 0 atom stereocenters. The zero-order valence-corrected chi connectivity index (χ0v) is 12.6. The minimum Gasteiger partial charge on any atom is -0.395 e. The molecular formula is C15H17Cl2NO2. The van der Waals surface area contributed by atoms with E-state index in [1.165, 1.54) is 6.08 Å². The minimum atomic E-state index is -0.0882. The van der Waals surface area contributed by atoms with Gasteiger partial charge in [-0.2, -0.15) is 0 Å². The summed E-state index contributed by atoms with van der Waals surface area (Å²) in [5.74, 6) is -0.0882. The Labute approximate surface area is 128 Å². The van der Waals surface area contributed by atoms with E-state index in [-0.39, 0.29) is 18.6 Å². The molecule has 0 unspecified atom stereocenters. The molecule has 1 aromatic rings. The van der Waals surface area contributed by atoms with Crippen molar-refractivity contribution < 1.29 is 9.90 Å². The summed E-state index contributed by atoms with van der Waals surface area (Å²) in [6.45, 7) is 0.361. The Morgan fingerprint density at radius 2 is 2.15 bits per heavy atom. The van der Waals surface area contributed by atoms with Gasteiger partial charge in [0.15, 0.2) is 0 Å². The van der Waals surface area contributed by atoms with Crippen molar-refractivity contribution in [2.24, 2.45) is 0 Å². The van der Waals surface area contributed by atoms with Gasteiger partial charge in [0.05, 0.1) is 6.61 Å². The summed E-state index contributed by atoms with van der Waals surface area (Å²) in [6.07, 6.45) is 6.36. The van der Waals surface area contributed by atoms with E-state index in [1.807, 2.05) is 0 Å². The number of hydrogen-bond donors (Lipinski definition) is 1. The van der Waals surface area contributed by atoms with Crippen LogP contribution < -0.4 is 0 Å². The van der Waals surface area contributed by atoms with Crippen LogP contribution in [0.2, 0.25) is 10.0 Å². The van der Waals surface area contributed by atoms with Gasteiger partial charge in [0, 0.05) is 28.7 Å². The van der Waals surface area contributed by atoms with Gasteiger partial charge in [-0.25, -0.2) is 0 Å². The molecule has 1 saturated carbocycles. The highest BCUT2D eigenvalue weighted by Crippen LogP contribution is 2.25. The summed E-state index contributed by atoms with van der Waals surface area (Å²) in [5.41, 5.74) is 0.752. The molecule has 1 aromatic carbocycles. The van der Waals surface area contributed by atoms with E-state index in [1.54, 1.807) is 29.2 Å². The number of benzene rings is 1. The molecule has 2 rings (SSSR count). The zero-order valence-electron chi connectivity index (χ0n) is 11.1. The lowest BCUT2D eigenvalue weighted by Crippen LogP contribution is -2.44. The highest BCUT2D eigenvalue weighted by Gasteiger charge is 2.26. The Bertz CT molecular complexity index is 513. The summed E-state index contributed by atoms with van der Waals surface area (Å²) >= 11 is 11.9. The van der Waals surface area contributed by atoms with Crippen LogP contribution in [0, 0.1) is 0 Å². The molecule has 0 heterocycles. The first kappa shape index (κ1) is 15.4. The molecule has 20 heavy (non-hydrogen) atoms. The van der Waals surface area contributed by atoms with Crippen molar-refractivity contribution >= 4 is 35.2 Å². The Balaban J connectivity index is 2.06. The molecule has 0 radical (unpaired) electrons. The molecule has 1 aliphatic carbocycles. The lowest BCUT2D eigenvalue weighted by atomic mass is 9.91. The predicted molar refractivity (Wildman–Crippen MR) is 81.9 cm³/mol. The van der Waals surface area contributed by atoms with Crippen LogP contribution in [-0.4, -0.2) is 35.1 Å². The van der Waals surface area contributed by atoms with E-state index in [0.29, 0.717) is 16.6 Å². The average Bonchev–Trinajstić information content (AvgIpc) is 2.34. The summed E-state index contributed by atoms with van der Waals surface area (Å²) < 4.78 is 0. The first-order chi connectivity index (χ1) is 9.61. The number of aliphatic hydroxyl groups excluding tert-OH is 1. The molecule has 1 N–H and O–H groups in total. The standard InChI is InChI=1S/C15H17Cl2NO2/c16-12-6-4-11(14(17)10-12)5-7-15(20)18(8-9-19)13-2-1-3-13/h4-7,10,13,19H,1-3,8-9H2/b7-5+. The number of carbonyl (C=O) groups is 1. The third kappa shape index (κ3) is 3.75. The lowest BCUT2D eigenvalue weighted by Gasteiger charge is -2.36. The molecule has 1 aliphatic rings. The molecule has 0 aliphatic heterocycles. The summed E-state index contributed by atoms with van der Waals surface area (Å²) in [4.78, 5) is 13.9. The van der Waals surface area contributed by atoms with Gasteiger partial charge < -0.3 is 10.0 Å². The van der Waals surface area contributed by atoms with Crippen LogP contribution in [0.5, 0.6) is 0 Å². The fourth-order valence-corrected chi connectivity index (χ4v) is 2.64. The largest absolute Gasteiger partial charge is 0.395 e. The van der Waals surface area contributed by atoms with Crippen molar-refractivity contribution in [1.29, 1.82) is 0 Å². The zero-order chi connectivity index (χ0) is 14.5. The Morgan fingerprint density at radius 1 is 1.40 bits per heavy atom. The number of amides is 1. The van der Waals surface area contributed by atoms with Crippen molar-refractivity contribution in [3.8, 4) is 0 Å². The Morgan fingerprint density at radius 3 is 2.70 bits per heavy atom. The number of carbonyl (C=O) groups excluding carboxylic acids is 1. The SMILES string of the molecule is O=C(/C=C/c1ccc(Cl)cc1Cl)N(CCO)C1CCC1. The maximum absolute atomic E-state index is 12.2. The van der Waals surface area contributed by atoms with Gasteiger partial charge in [-0.05, 0) is 43.0 Å². The topological polar surface area (TPSA) is 40.5 Å². The monoisotopic (exact) mass is 313 g/mol. The van der Waals surface area contributed by atoms with Crippen molar-refractivity contribution in [3.05, 3.63) is 39.9 Å². The van der Waals surface area contributed by atoms with Gasteiger partial charge in [-0.1, -0.05) is 29.3 Å². The third-order valence-electron chi connectivity index (χ3n) is 3.51. The van der Waals surface area contributed by atoms with Crippen LogP contribution in [0.15, 0.2) is 24.3 Å². The molecule has 108 valence electrons. The van der Waals surface area contributed by atoms with Crippen LogP contribution in [0.3, 0.4) is 0 Å². The first-order valence-corrected chi connectivity index (χ1v) is 7.42. The highest BCUT2D eigenvalue weighted by molar-refractivity contribution is 6.35. The maximum atomic E-state index is 12.2. The number of hydrogen-bond acceptors (Lipinski definition) is 2. The predicted octanol–water partition coefficient (Wildman–Crippen LogP) is 3.38. The van der Waals surface area contributed by atoms with Gasteiger partial charge in [0.25, 0.3) is 0 Å². The molecule has 0 bridgehead atoms. The summed E-state index contributed by atoms with van der Waals surface area (Å²) in [6, 6.07) is 5.41. The molecule has 0 saturated heterocycles. The van der Waals surface area contributed by atoms with Gasteiger partial charge >= 0.3 is 0 Å². The van der Waals surface area contributed by atoms with Crippen molar-refractivity contribution in [1.82, 2.24) is 4.90 Å². The summed E-state index contributed by atoms with van der Waals surface area (Å²) in [7, 11) is 0. The van der Waals surface area contributed by atoms with Crippen LogP contribution in [0.4, 0.5) is 0 Å². The molecule has 1 fully saturated rings. The second-order valence-electron chi connectivity index (χ2n) is 4.84. The van der Waals surface area contributed by atoms with Crippen molar-refractivity contribution in [2.45, 2.75) is 25.3 Å². The molecule has 5 heteroatoms. The van der Waals surface area contributed by atoms with Gasteiger partial charge in [0.2, 0.25) is 5.91 Å². The van der Waals surface area contributed by atoms with Gasteiger partial charge in [-0.3, -0.25) is 4.79 Å². The van der Waals surface area contributed by atoms with E-state index in [9.17, 15) is 4.79 Å². The highest BCUT2D eigenvalue weighted by atomic mass is 35.5. The van der Waals surface area contributed by atoms with Crippen LogP contribution in [-0.2, 0) is 4.79 Å². The first-order valence-electron chi connectivity index (χ1n) is 6.66. The molecular weight excluding hydrogens is 297 g/mol. The van der Waals surface area contributed by atoms with Gasteiger partial charge in [0.1, 0.15) is 0 Å². The molecule has 0 aromatic heterocycles. The second kappa shape index (κ2) is 7.11. The second-order valence-corrected chi connectivity index (χ2v) is 5.68.